The Hall–Kier alpha value is -0.990. The minimum Gasteiger partial charge on any atom is -0.463 e. The molecule has 7 heteroatoms. The fraction of sp³-hybridized carbons (Fsp3) is 0.842. The van der Waals surface area contributed by atoms with Crippen molar-refractivity contribution in [3.63, 3.8) is 0 Å². The molecule has 150 valence electrons. The molecule has 0 aromatic heterocycles. The number of allylic oxidation sites excluding steroid dienone is 2. The van der Waals surface area contributed by atoms with E-state index in [1.54, 1.807) is 7.11 Å². The average molecular weight is 372 g/mol. The van der Waals surface area contributed by atoms with Gasteiger partial charge in [0.1, 0.15) is 6.61 Å². The number of fused-ring (bicyclic) bond motifs is 2. The van der Waals surface area contributed by atoms with Crippen LogP contribution in [-0.2, 0) is 33.2 Å². The third kappa shape index (κ3) is 8.14. The Morgan fingerprint density at radius 1 is 0.769 bits per heavy atom. The molecular formula is C19H32O7. The first kappa shape index (κ1) is 21.3. The van der Waals surface area contributed by atoms with Gasteiger partial charge in [0.15, 0.2) is 0 Å². The van der Waals surface area contributed by atoms with Crippen molar-refractivity contribution < 1.29 is 33.2 Å². The van der Waals surface area contributed by atoms with E-state index in [0.717, 1.165) is 12.8 Å². The molecule has 0 heterocycles. The molecule has 2 rings (SSSR count). The van der Waals surface area contributed by atoms with Gasteiger partial charge in [-0.2, -0.15) is 0 Å². The quantitative estimate of drug-likeness (QED) is 0.231. The van der Waals surface area contributed by atoms with Crippen LogP contribution >= 0.6 is 0 Å². The Labute approximate surface area is 155 Å². The maximum absolute atomic E-state index is 12.0. The third-order valence-corrected chi connectivity index (χ3v) is 4.60. The Bertz CT molecular complexity index is 413. The van der Waals surface area contributed by atoms with Crippen molar-refractivity contribution in [1.29, 1.82) is 0 Å². The molecule has 26 heavy (non-hydrogen) atoms. The van der Waals surface area contributed by atoms with E-state index in [1.165, 1.54) is 0 Å². The Morgan fingerprint density at radius 2 is 1.31 bits per heavy atom. The SMILES string of the molecule is COCCOCCOCCOCCOCCOC(=O)C1CC2C=CC1C2. The number of ether oxygens (including phenoxy) is 6. The van der Waals surface area contributed by atoms with Gasteiger partial charge < -0.3 is 28.4 Å². The molecule has 1 saturated carbocycles. The summed E-state index contributed by atoms with van der Waals surface area (Å²) in [6, 6.07) is 0. The highest BCUT2D eigenvalue weighted by molar-refractivity contribution is 5.74. The van der Waals surface area contributed by atoms with Crippen LogP contribution in [0, 0.1) is 17.8 Å². The van der Waals surface area contributed by atoms with E-state index < -0.39 is 0 Å². The van der Waals surface area contributed by atoms with Crippen molar-refractivity contribution in [2.45, 2.75) is 12.8 Å². The maximum atomic E-state index is 12.0. The van der Waals surface area contributed by atoms with Crippen LogP contribution in [0.1, 0.15) is 12.8 Å². The molecule has 0 radical (unpaired) electrons. The standard InChI is InChI=1S/C19H32O7/c1-21-4-5-22-6-7-23-8-9-24-10-11-25-12-13-26-19(20)18-15-16-2-3-17(18)14-16/h2-3,16-18H,4-15H2,1H3. The molecule has 0 aliphatic heterocycles. The number of esters is 1. The second-order valence-electron chi connectivity index (χ2n) is 6.50. The predicted molar refractivity (Wildman–Crippen MR) is 95.0 cm³/mol. The Balaban J connectivity index is 1.28. The smallest absolute Gasteiger partial charge is 0.309 e. The van der Waals surface area contributed by atoms with Gasteiger partial charge in [-0.15, -0.1) is 0 Å². The zero-order valence-corrected chi connectivity index (χ0v) is 15.7. The molecule has 3 unspecified atom stereocenters. The second-order valence-corrected chi connectivity index (χ2v) is 6.50. The lowest BCUT2D eigenvalue weighted by Gasteiger charge is -2.16. The number of carbonyl (C=O) groups is 1. The minimum atomic E-state index is -0.0787. The highest BCUT2D eigenvalue weighted by atomic mass is 16.6. The molecule has 1 fully saturated rings. The molecule has 0 spiro atoms. The van der Waals surface area contributed by atoms with Gasteiger partial charge in [0, 0.05) is 7.11 Å². The van der Waals surface area contributed by atoms with Crippen LogP contribution in [0.4, 0.5) is 0 Å². The highest BCUT2D eigenvalue weighted by Gasteiger charge is 2.40. The van der Waals surface area contributed by atoms with Gasteiger partial charge in [0.25, 0.3) is 0 Å². The van der Waals surface area contributed by atoms with E-state index in [0.29, 0.717) is 77.9 Å². The van der Waals surface area contributed by atoms with Crippen LogP contribution < -0.4 is 0 Å². The summed E-state index contributed by atoms with van der Waals surface area (Å²) in [6.07, 6.45) is 6.43. The molecule has 2 bridgehead atoms. The summed E-state index contributed by atoms with van der Waals surface area (Å²) in [4.78, 5) is 12.0. The lowest BCUT2D eigenvalue weighted by molar-refractivity contribution is -0.151. The van der Waals surface area contributed by atoms with Gasteiger partial charge in [-0.05, 0) is 24.7 Å². The van der Waals surface area contributed by atoms with Crippen molar-refractivity contribution in [2.75, 3.05) is 73.2 Å². The average Bonchev–Trinajstić information content (AvgIpc) is 3.28. The second kappa shape index (κ2) is 13.2. The van der Waals surface area contributed by atoms with Gasteiger partial charge in [-0.3, -0.25) is 4.79 Å². The van der Waals surface area contributed by atoms with Gasteiger partial charge in [-0.1, -0.05) is 12.2 Å². The molecule has 2 aliphatic rings. The van der Waals surface area contributed by atoms with E-state index in [1.807, 2.05) is 0 Å². The summed E-state index contributed by atoms with van der Waals surface area (Å²) in [5.74, 6) is 0.947. The van der Waals surface area contributed by atoms with Crippen molar-refractivity contribution >= 4 is 5.97 Å². The number of hydrogen-bond acceptors (Lipinski definition) is 7. The van der Waals surface area contributed by atoms with Gasteiger partial charge in [0.2, 0.25) is 0 Å². The fourth-order valence-electron chi connectivity index (χ4n) is 3.26. The Kier molecular flexibility index (Phi) is 10.8. The van der Waals surface area contributed by atoms with Crippen LogP contribution in [-0.4, -0.2) is 79.1 Å². The lowest BCUT2D eigenvalue weighted by atomic mass is 9.94. The summed E-state index contributed by atoms with van der Waals surface area (Å²) >= 11 is 0. The van der Waals surface area contributed by atoms with Crippen LogP contribution in [0.3, 0.4) is 0 Å². The van der Waals surface area contributed by atoms with Crippen LogP contribution in [0.25, 0.3) is 0 Å². The molecule has 0 amide bonds. The number of carbonyl (C=O) groups excluding carboxylic acids is 1. The van der Waals surface area contributed by atoms with Crippen LogP contribution in [0.2, 0.25) is 0 Å². The monoisotopic (exact) mass is 372 g/mol. The zero-order chi connectivity index (χ0) is 18.5. The normalized spacial score (nSPS) is 23.7. The molecule has 0 saturated heterocycles. The summed E-state index contributed by atoms with van der Waals surface area (Å²) in [7, 11) is 1.64. The van der Waals surface area contributed by atoms with Gasteiger partial charge in [-0.25, -0.2) is 0 Å². The van der Waals surface area contributed by atoms with Crippen molar-refractivity contribution in [2.24, 2.45) is 17.8 Å². The van der Waals surface area contributed by atoms with Crippen molar-refractivity contribution in [1.82, 2.24) is 0 Å². The van der Waals surface area contributed by atoms with E-state index in [-0.39, 0.29) is 11.9 Å². The summed E-state index contributed by atoms with van der Waals surface area (Å²) < 4.78 is 31.6. The van der Waals surface area contributed by atoms with E-state index in [4.69, 9.17) is 28.4 Å². The molecular weight excluding hydrogens is 340 g/mol. The van der Waals surface area contributed by atoms with Crippen molar-refractivity contribution in [3.05, 3.63) is 12.2 Å². The summed E-state index contributed by atoms with van der Waals surface area (Å²) in [5, 5.41) is 0. The Morgan fingerprint density at radius 3 is 1.77 bits per heavy atom. The molecule has 0 aromatic rings. The lowest BCUT2D eigenvalue weighted by Crippen LogP contribution is -2.23. The molecule has 3 atom stereocenters. The summed E-state index contributed by atoms with van der Waals surface area (Å²) in [6.45, 7) is 5.04. The molecule has 7 nitrogen and oxygen atoms in total. The first-order chi connectivity index (χ1) is 12.8. The van der Waals surface area contributed by atoms with Gasteiger partial charge >= 0.3 is 5.97 Å². The largest absolute Gasteiger partial charge is 0.463 e. The topological polar surface area (TPSA) is 72.5 Å². The van der Waals surface area contributed by atoms with E-state index in [9.17, 15) is 4.79 Å². The van der Waals surface area contributed by atoms with Crippen LogP contribution in [0.5, 0.6) is 0 Å². The van der Waals surface area contributed by atoms with E-state index >= 15 is 0 Å². The number of hydrogen-bond donors (Lipinski definition) is 0. The fourth-order valence-corrected chi connectivity index (χ4v) is 3.26. The maximum Gasteiger partial charge on any atom is 0.309 e. The van der Waals surface area contributed by atoms with E-state index in [2.05, 4.69) is 12.2 Å². The summed E-state index contributed by atoms with van der Waals surface area (Å²) in [5.41, 5.74) is 0. The minimum absolute atomic E-state index is 0.0544. The van der Waals surface area contributed by atoms with Crippen LogP contribution in [0.15, 0.2) is 12.2 Å². The molecule has 2 aliphatic carbocycles. The predicted octanol–water partition coefficient (Wildman–Crippen LogP) is 1.45. The first-order valence-electron chi connectivity index (χ1n) is 9.46. The van der Waals surface area contributed by atoms with Gasteiger partial charge in [0.05, 0.1) is 65.4 Å². The number of rotatable bonds is 16. The number of methoxy groups -OCH3 is 1. The highest BCUT2D eigenvalue weighted by Crippen LogP contribution is 2.43. The molecule has 0 N–H and O–H groups in total. The zero-order valence-electron chi connectivity index (χ0n) is 15.7. The third-order valence-electron chi connectivity index (χ3n) is 4.60. The molecule has 0 aromatic carbocycles. The first-order valence-corrected chi connectivity index (χ1v) is 9.46. The van der Waals surface area contributed by atoms with Crippen molar-refractivity contribution in [3.8, 4) is 0 Å².